The van der Waals surface area contributed by atoms with Crippen molar-refractivity contribution in [2.24, 2.45) is 0 Å². The molecule has 0 aliphatic heterocycles. The van der Waals surface area contributed by atoms with E-state index in [-0.39, 0.29) is 12.0 Å². The van der Waals surface area contributed by atoms with Crippen molar-refractivity contribution in [2.75, 3.05) is 24.3 Å². The standard InChI is InChI=1S/C11H15N5O2/c1-3-17-11-14-9(12)13-10(15-11)16(2)7-8-5-4-6-18-8/h4-6H,3,7H2,1-2H3,(H2,12,13,14,15). The molecule has 2 aromatic heterocycles. The summed E-state index contributed by atoms with van der Waals surface area (Å²) in [6.07, 6.45) is 1.62. The highest BCUT2D eigenvalue weighted by atomic mass is 16.5. The molecule has 0 bridgehead atoms. The van der Waals surface area contributed by atoms with Gasteiger partial charge in [-0.3, -0.25) is 0 Å². The number of aromatic nitrogens is 3. The van der Waals surface area contributed by atoms with Crippen molar-refractivity contribution >= 4 is 11.9 Å². The van der Waals surface area contributed by atoms with E-state index in [1.807, 2.05) is 26.1 Å². The lowest BCUT2D eigenvalue weighted by Crippen LogP contribution is -2.20. The molecule has 0 radical (unpaired) electrons. The van der Waals surface area contributed by atoms with Gasteiger partial charge in [-0.05, 0) is 19.1 Å². The zero-order valence-corrected chi connectivity index (χ0v) is 10.3. The van der Waals surface area contributed by atoms with E-state index in [0.29, 0.717) is 19.1 Å². The van der Waals surface area contributed by atoms with Crippen molar-refractivity contribution in [1.82, 2.24) is 15.0 Å². The number of hydrogen-bond acceptors (Lipinski definition) is 7. The molecule has 0 spiro atoms. The van der Waals surface area contributed by atoms with Gasteiger partial charge in [0, 0.05) is 7.05 Å². The molecule has 0 saturated carbocycles. The molecule has 0 fully saturated rings. The first kappa shape index (κ1) is 12.2. The number of hydrogen-bond donors (Lipinski definition) is 1. The van der Waals surface area contributed by atoms with Crippen LogP contribution in [0.5, 0.6) is 6.01 Å². The Morgan fingerprint density at radius 3 is 2.89 bits per heavy atom. The van der Waals surface area contributed by atoms with Crippen LogP contribution >= 0.6 is 0 Å². The van der Waals surface area contributed by atoms with Crippen LogP contribution in [-0.2, 0) is 6.54 Å². The van der Waals surface area contributed by atoms with Crippen LogP contribution in [0.2, 0.25) is 0 Å². The van der Waals surface area contributed by atoms with Crippen LogP contribution in [0.1, 0.15) is 12.7 Å². The molecule has 0 amide bonds. The summed E-state index contributed by atoms with van der Waals surface area (Å²) in [5, 5.41) is 0. The molecule has 2 aromatic rings. The van der Waals surface area contributed by atoms with Gasteiger partial charge >= 0.3 is 6.01 Å². The molecule has 0 unspecified atom stereocenters. The Morgan fingerprint density at radius 2 is 2.22 bits per heavy atom. The van der Waals surface area contributed by atoms with Gasteiger partial charge < -0.3 is 19.8 Å². The maximum atomic E-state index is 5.61. The van der Waals surface area contributed by atoms with E-state index in [4.69, 9.17) is 14.9 Å². The van der Waals surface area contributed by atoms with Crippen molar-refractivity contribution in [3.63, 3.8) is 0 Å². The van der Waals surface area contributed by atoms with E-state index in [1.165, 1.54) is 0 Å². The highest BCUT2D eigenvalue weighted by Crippen LogP contribution is 2.14. The molecule has 7 nitrogen and oxygen atoms in total. The summed E-state index contributed by atoms with van der Waals surface area (Å²) in [5.74, 6) is 1.39. The minimum atomic E-state index is 0.134. The molecule has 2 rings (SSSR count). The predicted octanol–water partition coefficient (Wildman–Crippen LogP) is 1.08. The summed E-state index contributed by atoms with van der Waals surface area (Å²) >= 11 is 0. The second-order valence-electron chi connectivity index (χ2n) is 3.64. The van der Waals surface area contributed by atoms with Gasteiger partial charge in [0.15, 0.2) is 0 Å². The molecule has 0 saturated heterocycles. The van der Waals surface area contributed by atoms with Crippen LogP contribution in [0.15, 0.2) is 22.8 Å². The molecule has 96 valence electrons. The van der Waals surface area contributed by atoms with E-state index in [9.17, 15) is 0 Å². The third kappa shape index (κ3) is 2.88. The minimum absolute atomic E-state index is 0.134. The monoisotopic (exact) mass is 249 g/mol. The number of nitrogen functional groups attached to an aromatic ring is 1. The summed E-state index contributed by atoms with van der Waals surface area (Å²) in [4.78, 5) is 13.9. The summed E-state index contributed by atoms with van der Waals surface area (Å²) in [7, 11) is 1.84. The summed E-state index contributed by atoms with van der Waals surface area (Å²) < 4.78 is 10.5. The van der Waals surface area contributed by atoms with Crippen LogP contribution in [-0.4, -0.2) is 28.6 Å². The average Bonchev–Trinajstić information content (AvgIpc) is 2.81. The number of rotatable bonds is 5. The lowest BCUT2D eigenvalue weighted by molar-refractivity contribution is 0.312. The van der Waals surface area contributed by atoms with Gasteiger partial charge in [0.2, 0.25) is 11.9 Å². The smallest absolute Gasteiger partial charge is 0.323 e. The lowest BCUT2D eigenvalue weighted by Gasteiger charge is -2.16. The number of ether oxygens (including phenoxy) is 1. The normalized spacial score (nSPS) is 10.3. The molecular weight excluding hydrogens is 234 g/mol. The first-order valence-electron chi connectivity index (χ1n) is 5.57. The minimum Gasteiger partial charge on any atom is -0.467 e. The van der Waals surface area contributed by atoms with E-state index in [1.54, 1.807) is 11.2 Å². The van der Waals surface area contributed by atoms with Crippen molar-refractivity contribution in [2.45, 2.75) is 13.5 Å². The Hall–Kier alpha value is -2.31. The highest BCUT2D eigenvalue weighted by Gasteiger charge is 2.11. The van der Waals surface area contributed by atoms with Gasteiger partial charge in [-0.15, -0.1) is 0 Å². The molecule has 0 aromatic carbocycles. The van der Waals surface area contributed by atoms with Gasteiger partial charge in [-0.25, -0.2) is 0 Å². The van der Waals surface area contributed by atoms with E-state index in [0.717, 1.165) is 5.76 Å². The third-order valence-electron chi connectivity index (χ3n) is 2.21. The molecular formula is C11H15N5O2. The molecule has 2 heterocycles. The average molecular weight is 249 g/mol. The summed E-state index contributed by atoms with van der Waals surface area (Å²) in [5.41, 5.74) is 5.61. The second kappa shape index (κ2) is 5.35. The first-order valence-corrected chi connectivity index (χ1v) is 5.57. The fourth-order valence-corrected chi connectivity index (χ4v) is 1.43. The van der Waals surface area contributed by atoms with Gasteiger partial charge in [0.1, 0.15) is 5.76 Å². The van der Waals surface area contributed by atoms with Crippen LogP contribution in [0.3, 0.4) is 0 Å². The first-order chi connectivity index (χ1) is 8.69. The molecule has 2 N–H and O–H groups in total. The molecule has 0 atom stereocenters. The molecule has 18 heavy (non-hydrogen) atoms. The predicted molar refractivity (Wildman–Crippen MR) is 66.2 cm³/mol. The Bertz CT molecular complexity index is 500. The molecule has 0 aliphatic rings. The number of anilines is 2. The van der Waals surface area contributed by atoms with Gasteiger partial charge in [0.05, 0.1) is 19.4 Å². The SMILES string of the molecule is CCOc1nc(N)nc(N(C)Cc2ccco2)n1. The lowest BCUT2D eigenvalue weighted by atomic mass is 10.4. The second-order valence-corrected chi connectivity index (χ2v) is 3.64. The van der Waals surface area contributed by atoms with Gasteiger partial charge in [-0.1, -0.05) is 0 Å². The van der Waals surface area contributed by atoms with Crippen molar-refractivity contribution in [1.29, 1.82) is 0 Å². The highest BCUT2D eigenvalue weighted by molar-refractivity contribution is 5.35. The summed E-state index contributed by atoms with van der Waals surface area (Å²) in [6.45, 7) is 2.87. The van der Waals surface area contributed by atoms with Crippen LogP contribution in [0.4, 0.5) is 11.9 Å². The van der Waals surface area contributed by atoms with E-state index < -0.39 is 0 Å². The van der Waals surface area contributed by atoms with Gasteiger partial charge in [0.25, 0.3) is 0 Å². The Balaban J connectivity index is 2.16. The summed E-state index contributed by atoms with van der Waals surface area (Å²) in [6, 6.07) is 3.94. The topological polar surface area (TPSA) is 90.3 Å². The van der Waals surface area contributed by atoms with Crippen molar-refractivity contribution in [3.05, 3.63) is 24.2 Å². The maximum Gasteiger partial charge on any atom is 0.323 e. The van der Waals surface area contributed by atoms with Crippen molar-refractivity contribution < 1.29 is 9.15 Å². The number of nitrogens with two attached hydrogens (primary N) is 1. The maximum absolute atomic E-state index is 5.61. The molecule has 0 aliphatic carbocycles. The van der Waals surface area contributed by atoms with Crippen LogP contribution < -0.4 is 15.4 Å². The Labute approximate surface area is 105 Å². The van der Waals surface area contributed by atoms with Crippen molar-refractivity contribution in [3.8, 4) is 6.01 Å². The quantitative estimate of drug-likeness (QED) is 0.847. The van der Waals surface area contributed by atoms with E-state index in [2.05, 4.69) is 15.0 Å². The number of furan rings is 1. The van der Waals surface area contributed by atoms with E-state index >= 15 is 0 Å². The van der Waals surface area contributed by atoms with Crippen LogP contribution in [0.25, 0.3) is 0 Å². The number of nitrogens with zero attached hydrogens (tertiary/aromatic N) is 4. The van der Waals surface area contributed by atoms with Gasteiger partial charge in [-0.2, -0.15) is 15.0 Å². The van der Waals surface area contributed by atoms with Crippen LogP contribution in [0, 0.1) is 0 Å². The fourth-order valence-electron chi connectivity index (χ4n) is 1.43. The zero-order chi connectivity index (χ0) is 13.0. The third-order valence-corrected chi connectivity index (χ3v) is 2.21. The Morgan fingerprint density at radius 1 is 1.39 bits per heavy atom. The fraction of sp³-hybridized carbons (Fsp3) is 0.364. The largest absolute Gasteiger partial charge is 0.467 e. The molecule has 7 heteroatoms. The Kier molecular flexibility index (Phi) is 3.61. The zero-order valence-electron chi connectivity index (χ0n) is 10.3.